The average molecular weight is 345 g/mol. The predicted octanol–water partition coefficient (Wildman–Crippen LogP) is 4.06. The Morgan fingerprint density at radius 2 is 1.75 bits per heavy atom. The van der Waals surface area contributed by atoms with E-state index in [9.17, 15) is 9.59 Å². The SMILES string of the molecule is CCN(CC(=O)Nc1cc(Cl)ccc1C)C(=O)c1ccc(C)cc1. The van der Waals surface area contributed by atoms with E-state index in [0.717, 1.165) is 11.1 Å². The molecule has 126 valence electrons. The molecule has 24 heavy (non-hydrogen) atoms. The van der Waals surface area contributed by atoms with Crippen molar-refractivity contribution in [3.8, 4) is 0 Å². The van der Waals surface area contributed by atoms with Gasteiger partial charge in [0.25, 0.3) is 5.91 Å². The van der Waals surface area contributed by atoms with E-state index < -0.39 is 0 Å². The van der Waals surface area contributed by atoms with Crippen LogP contribution >= 0.6 is 11.6 Å². The molecule has 0 saturated carbocycles. The van der Waals surface area contributed by atoms with Crippen LogP contribution in [0, 0.1) is 13.8 Å². The van der Waals surface area contributed by atoms with Gasteiger partial charge in [-0.2, -0.15) is 0 Å². The third-order valence-electron chi connectivity index (χ3n) is 3.78. The van der Waals surface area contributed by atoms with Crippen LogP contribution in [0.5, 0.6) is 0 Å². The highest BCUT2D eigenvalue weighted by atomic mass is 35.5. The fraction of sp³-hybridized carbons (Fsp3) is 0.263. The van der Waals surface area contributed by atoms with E-state index in [2.05, 4.69) is 5.32 Å². The van der Waals surface area contributed by atoms with Gasteiger partial charge in [-0.15, -0.1) is 0 Å². The third kappa shape index (κ3) is 4.59. The second-order valence-corrected chi connectivity index (χ2v) is 6.13. The monoisotopic (exact) mass is 344 g/mol. The summed E-state index contributed by atoms with van der Waals surface area (Å²) in [7, 11) is 0. The fourth-order valence-corrected chi connectivity index (χ4v) is 2.47. The largest absolute Gasteiger partial charge is 0.330 e. The molecule has 5 heteroatoms. The van der Waals surface area contributed by atoms with E-state index in [1.165, 1.54) is 4.90 Å². The maximum absolute atomic E-state index is 12.5. The Balaban J connectivity index is 2.06. The second kappa shape index (κ2) is 7.97. The molecule has 0 fully saturated rings. The van der Waals surface area contributed by atoms with Crippen molar-refractivity contribution >= 4 is 29.1 Å². The van der Waals surface area contributed by atoms with Crippen molar-refractivity contribution in [2.75, 3.05) is 18.4 Å². The van der Waals surface area contributed by atoms with Gasteiger partial charge in [0.15, 0.2) is 0 Å². The zero-order valence-corrected chi connectivity index (χ0v) is 14.9. The van der Waals surface area contributed by atoms with Gasteiger partial charge in [-0.25, -0.2) is 0 Å². The number of aryl methyl sites for hydroxylation is 2. The first-order valence-corrected chi connectivity index (χ1v) is 8.20. The van der Waals surface area contributed by atoms with Gasteiger partial charge in [0.1, 0.15) is 6.54 Å². The lowest BCUT2D eigenvalue weighted by Crippen LogP contribution is -2.37. The Kier molecular flexibility index (Phi) is 5.99. The van der Waals surface area contributed by atoms with Crippen LogP contribution in [0.1, 0.15) is 28.4 Å². The third-order valence-corrected chi connectivity index (χ3v) is 4.01. The first-order chi connectivity index (χ1) is 11.4. The molecule has 0 bridgehead atoms. The highest BCUT2D eigenvalue weighted by Crippen LogP contribution is 2.20. The minimum atomic E-state index is -0.248. The van der Waals surface area contributed by atoms with Gasteiger partial charge in [-0.05, 0) is 50.6 Å². The van der Waals surface area contributed by atoms with Gasteiger partial charge < -0.3 is 10.2 Å². The van der Waals surface area contributed by atoms with Crippen LogP contribution in [-0.4, -0.2) is 29.8 Å². The number of benzene rings is 2. The van der Waals surface area contributed by atoms with Gasteiger partial charge in [-0.3, -0.25) is 9.59 Å². The molecule has 0 aliphatic rings. The number of rotatable bonds is 5. The Hall–Kier alpha value is -2.33. The number of likely N-dealkylation sites (N-methyl/N-ethyl adjacent to an activating group) is 1. The summed E-state index contributed by atoms with van der Waals surface area (Å²) in [4.78, 5) is 26.3. The van der Waals surface area contributed by atoms with Crippen molar-refractivity contribution in [1.29, 1.82) is 0 Å². The molecule has 0 spiro atoms. The van der Waals surface area contributed by atoms with Crippen molar-refractivity contribution in [2.45, 2.75) is 20.8 Å². The Morgan fingerprint density at radius 3 is 2.38 bits per heavy atom. The molecular formula is C19H21ClN2O2. The molecule has 0 aromatic heterocycles. The molecule has 0 unspecified atom stereocenters. The van der Waals surface area contributed by atoms with Crippen LogP contribution in [0.2, 0.25) is 5.02 Å². The number of carbonyl (C=O) groups is 2. The van der Waals surface area contributed by atoms with E-state index in [-0.39, 0.29) is 18.4 Å². The highest BCUT2D eigenvalue weighted by Gasteiger charge is 2.17. The number of anilines is 1. The van der Waals surface area contributed by atoms with Crippen LogP contribution in [0.25, 0.3) is 0 Å². The summed E-state index contributed by atoms with van der Waals surface area (Å²) >= 11 is 5.96. The lowest BCUT2D eigenvalue weighted by atomic mass is 10.1. The molecule has 2 amide bonds. The fourth-order valence-electron chi connectivity index (χ4n) is 2.30. The Bertz CT molecular complexity index is 742. The molecule has 0 aliphatic heterocycles. The summed E-state index contributed by atoms with van der Waals surface area (Å²) in [5.41, 5.74) is 3.24. The predicted molar refractivity (Wildman–Crippen MR) is 97.6 cm³/mol. The quantitative estimate of drug-likeness (QED) is 0.889. The lowest BCUT2D eigenvalue weighted by Gasteiger charge is -2.21. The van der Waals surface area contributed by atoms with E-state index in [1.807, 2.05) is 39.0 Å². The molecule has 2 aromatic carbocycles. The van der Waals surface area contributed by atoms with Gasteiger partial charge in [0.05, 0.1) is 0 Å². The zero-order valence-electron chi connectivity index (χ0n) is 14.1. The summed E-state index contributed by atoms with van der Waals surface area (Å²) in [6.07, 6.45) is 0. The standard InChI is InChI=1S/C19H21ClN2O2/c1-4-22(19(24)15-8-5-13(2)6-9-15)12-18(23)21-17-11-16(20)10-7-14(17)3/h5-11H,4,12H2,1-3H3,(H,21,23). The summed E-state index contributed by atoms with van der Waals surface area (Å²) < 4.78 is 0. The number of amides is 2. The average Bonchev–Trinajstić information content (AvgIpc) is 2.56. The van der Waals surface area contributed by atoms with E-state index in [1.54, 1.807) is 24.3 Å². The van der Waals surface area contributed by atoms with Crippen LogP contribution in [0.4, 0.5) is 5.69 Å². The number of halogens is 1. The normalized spacial score (nSPS) is 10.3. The molecule has 0 aliphatic carbocycles. The minimum absolute atomic E-state index is 0.00480. The number of nitrogens with zero attached hydrogens (tertiary/aromatic N) is 1. The Morgan fingerprint density at radius 1 is 1.08 bits per heavy atom. The van der Waals surface area contributed by atoms with Crippen LogP contribution in [0.3, 0.4) is 0 Å². The maximum Gasteiger partial charge on any atom is 0.254 e. The van der Waals surface area contributed by atoms with E-state index >= 15 is 0 Å². The molecule has 2 rings (SSSR count). The highest BCUT2D eigenvalue weighted by molar-refractivity contribution is 6.31. The lowest BCUT2D eigenvalue weighted by molar-refractivity contribution is -0.116. The van der Waals surface area contributed by atoms with Gasteiger partial charge in [0.2, 0.25) is 5.91 Å². The van der Waals surface area contributed by atoms with Gasteiger partial charge in [-0.1, -0.05) is 35.4 Å². The van der Waals surface area contributed by atoms with Crippen molar-refractivity contribution in [3.63, 3.8) is 0 Å². The van der Waals surface area contributed by atoms with Gasteiger partial charge >= 0.3 is 0 Å². The number of hydrogen-bond donors (Lipinski definition) is 1. The van der Waals surface area contributed by atoms with E-state index in [0.29, 0.717) is 22.8 Å². The molecule has 0 saturated heterocycles. The smallest absolute Gasteiger partial charge is 0.254 e. The Labute approximate surface area is 147 Å². The number of carbonyl (C=O) groups excluding carboxylic acids is 2. The zero-order chi connectivity index (χ0) is 17.7. The van der Waals surface area contributed by atoms with Gasteiger partial charge in [0, 0.05) is 22.8 Å². The van der Waals surface area contributed by atoms with Crippen LogP contribution in [-0.2, 0) is 4.79 Å². The molecule has 0 atom stereocenters. The van der Waals surface area contributed by atoms with Crippen molar-refractivity contribution < 1.29 is 9.59 Å². The summed E-state index contributed by atoms with van der Waals surface area (Å²) in [6.45, 7) is 6.15. The second-order valence-electron chi connectivity index (χ2n) is 5.69. The summed E-state index contributed by atoms with van der Waals surface area (Å²) in [6, 6.07) is 12.6. The molecule has 0 heterocycles. The summed E-state index contributed by atoms with van der Waals surface area (Å²) in [5, 5.41) is 3.37. The molecule has 1 N–H and O–H groups in total. The first kappa shape index (κ1) is 18.0. The number of hydrogen-bond acceptors (Lipinski definition) is 2. The topological polar surface area (TPSA) is 49.4 Å². The van der Waals surface area contributed by atoms with Crippen molar-refractivity contribution in [2.24, 2.45) is 0 Å². The minimum Gasteiger partial charge on any atom is -0.330 e. The molecular weight excluding hydrogens is 324 g/mol. The summed E-state index contributed by atoms with van der Waals surface area (Å²) in [5.74, 6) is -0.404. The first-order valence-electron chi connectivity index (χ1n) is 7.82. The van der Waals surface area contributed by atoms with Crippen molar-refractivity contribution in [1.82, 2.24) is 4.90 Å². The van der Waals surface area contributed by atoms with Crippen LogP contribution < -0.4 is 5.32 Å². The number of nitrogens with one attached hydrogen (secondary N) is 1. The maximum atomic E-state index is 12.5. The molecule has 2 aromatic rings. The van der Waals surface area contributed by atoms with Crippen molar-refractivity contribution in [3.05, 3.63) is 64.2 Å². The molecule has 4 nitrogen and oxygen atoms in total. The molecule has 0 radical (unpaired) electrons. The van der Waals surface area contributed by atoms with Crippen LogP contribution in [0.15, 0.2) is 42.5 Å². The van der Waals surface area contributed by atoms with E-state index in [4.69, 9.17) is 11.6 Å².